The van der Waals surface area contributed by atoms with Crippen LogP contribution in [0.2, 0.25) is 0 Å². The van der Waals surface area contributed by atoms with E-state index in [1.807, 2.05) is 37.2 Å². The predicted octanol–water partition coefficient (Wildman–Crippen LogP) is 2.28. The zero-order chi connectivity index (χ0) is 11.4. The number of amides is 1. The van der Waals surface area contributed by atoms with Crippen molar-refractivity contribution in [3.8, 4) is 0 Å². The molecule has 0 radical (unpaired) electrons. The van der Waals surface area contributed by atoms with E-state index in [-0.39, 0.29) is 0 Å². The maximum Gasteiger partial charge on any atom is 0.404 e. The first-order chi connectivity index (χ1) is 7.00. The summed E-state index contributed by atoms with van der Waals surface area (Å²) in [5.41, 5.74) is 1.96. The lowest BCUT2D eigenvalue weighted by molar-refractivity contribution is 0.194. The van der Waals surface area contributed by atoms with E-state index in [0.29, 0.717) is 6.54 Å². The number of hydrogen-bond donors (Lipinski definition) is 2. The Bertz CT molecular complexity index is 366. The molecular weight excluding hydrogens is 260 g/mol. The Labute approximate surface area is 97.0 Å². The number of benzene rings is 1. The zero-order valence-corrected chi connectivity index (χ0v) is 10.2. The van der Waals surface area contributed by atoms with Gasteiger partial charge in [0.1, 0.15) is 0 Å². The Morgan fingerprint density at radius 2 is 2.20 bits per heavy atom. The quantitative estimate of drug-likeness (QED) is 0.888. The van der Waals surface area contributed by atoms with Gasteiger partial charge in [-0.1, -0.05) is 15.9 Å². The molecule has 82 valence electrons. The molecule has 0 unspecified atom stereocenters. The lowest BCUT2D eigenvalue weighted by atomic mass is 10.2. The van der Waals surface area contributed by atoms with Crippen LogP contribution in [0, 0.1) is 0 Å². The third-order valence-electron chi connectivity index (χ3n) is 1.98. The second-order valence-corrected chi connectivity index (χ2v) is 4.18. The van der Waals surface area contributed by atoms with Gasteiger partial charge < -0.3 is 15.3 Å². The van der Waals surface area contributed by atoms with Crippen molar-refractivity contribution in [2.24, 2.45) is 0 Å². The average molecular weight is 273 g/mol. The number of hydrogen-bond acceptors (Lipinski definition) is 2. The monoisotopic (exact) mass is 272 g/mol. The van der Waals surface area contributed by atoms with Crippen LogP contribution >= 0.6 is 15.9 Å². The average Bonchev–Trinajstić information content (AvgIpc) is 2.16. The third kappa shape index (κ3) is 3.43. The minimum Gasteiger partial charge on any atom is -0.465 e. The van der Waals surface area contributed by atoms with Gasteiger partial charge >= 0.3 is 6.09 Å². The number of anilines is 1. The lowest BCUT2D eigenvalue weighted by Gasteiger charge is -2.14. The fourth-order valence-corrected chi connectivity index (χ4v) is 1.53. The van der Waals surface area contributed by atoms with Crippen molar-refractivity contribution in [1.82, 2.24) is 5.32 Å². The zero-order valence-electron chi connectivity index (χ0n) is 8.62. The molecule has 1 amide bonds. The minimum atomic E-state index is -1.02. The second-order valence-electron chi connectivity index (χ2n) is 3.33. The highest BCUT2D eigenvalue weighted by atomic mass is 79.9. The molecule has 0 spiro atoms. The Hall–Kier alpha value is -1.23. The Morgan fingerprint density at radius 1 is 1.53 bits per heavy atom. The van der Waals surface area contributed by atoms with E-state index in [1.165, 1.54) is 0 Å². The maximum absolute atomic E-state index is 10.4. The van der Waals surface area contributed by atoms with Crippen molar-refractivity contribution < 1.29 is 9.90 Å². The SMILES string of the molecule is CN(C)c1ccc(Br)c(CNC(=O)O)c1. The van der Waals surface area contributed by atoms with Crippen LogP contribution in [0.1, 0.15) is 5.56 Å². The van der Waals surface area contributed by atoms with Gasteiger partial charge in [-0.2, -0.15) is 0 Å². The number of halogens is 1. The topological polar surface area (TPSA) is 52.6 Å². The van der Waals surface area contributed by atoms with E-state index in [2.05, 4.69) is 21.2 Å². The molecule has 0 saturated carbocycles. The van der Waals surface area contributed by atoms with E-state index < -0.39 is 6.09 Å². The van der Waals surface area contributed by atoms with Gasteiger partial charge in [-0.05, 0) is 23.8 Å². The van der Waals surface area contributed by atoms with Gasteiger partial charge in [-0.15, -0.1) is 0 Å². The molecule has 0 aliphatic carbocycles. The molecule has 0 aliphatic rings. The molecular formula is C10H13BrN2O2. The summed E-state index contributed by atoms with van der Waals surface area (Å²) in [5, 5.41) is 10.8. The Balaban J connectivity index is 2.85. The van der Waals surface area contributed by atoms with E-state index in [4.69, 9.17) is 5.11 Å². The molecule has 0 atom stereocenters. The first-order valence-electron chi connectivity index (χ1n) is 4.43. The summed E-state index contributed by atoms with van der Waals surface area (Å²) in [7, 11) is 3.88. The normalized spacial score (nSPS) is 9.80. The van der Waals surface area contributed by atoms with Crippen LogP contribution < -0.4 is 10.2 Å². The summed E-state index contributed by atoms with van der Waals surface area (Å²) >= 11 is 3.38. The van der Waals surface area contributed by atoms with E-state index in [9.17, 15) is 4.79 Å². The fourth-order valence-electron chi connectivity index (χ4n) is 1.15. The molecule has 15 heavy (non-hydrogen) atoms. The van der Waals surface area contributed by atoms with Gasteiger partial charge in [0.2, 0.25) is 0 Å². The fraction of sp³-hybridized carbons (Fsp3) is 0.300. The van der Waals surface area contributed by atoms with Crippen LogP contribution in [0.4, 0.5) is 10.5 Å². The summed E-state index contributed by atoms with van der Waals surface area (Å²) in [6.07, 6.45) is -1.02. The van der Waals surface area contributed by atoms with Crippen LogP contribution in [0.5, 0.6) is 0 Å². The molecule has 5 heteroatoms. The summed E-state index contributed by atoms with van der Waals surface area (Å²) in [6.45, 7) is 0.303. The summed E-state index contributed by atoms with van der Waals surface area (Å²) in [4.78, 5) is 12.3. The van der Waals surface area contributed by atoms with Crippen molar-refractivity contribution in [2.45, 2.75) is 6.54 Å². The van der Waals surface area contributed by atoms with Gasteiger partial charge in [0, 0.05) is 30.8 Å². The first kappa shape index (κ1) is 11.8. The number of carboxylic acid groups (broad SMARTS) is 1. The van der Waals surface area contributed by atoms with Crippen molar-refractivity contribution in [1.29, 1.82) is 0 Å². The van der Waals surface area contributed by atoms with E-state index >= 15 is 0 Å². The van der Waals surface area contributed by atoms with E-state index in [0.717, 1.165) is 15.7 Å². The number of rotatable bonds is 3. The van der Waals surface area contributed by atoms with Crippen LogP contribution in [0.3, 0.4) is 0 Å². The molecule has 0 bridgehead atoms. The smallest absolute Gasteiger partial charge is 0.404 e. The molecule has 2 N–H and O–H groups in total. The standard InChI is InChI=1S/C10H13BrN2O2/c1-13(2)8-3-4-9(11)7(5-8)6-12-10(14)15/h3-5,12H,6H2,1-2H3,(H,14,15). The third-order valence-corrected chi connectivity index (χ3v) is 2.75. The summed E-state index contributed by atoms with van der Waals surface area (Å²) in [6, 6.07) is 5.82. The van der Waals surface area contributed by atoms with Crippen molar-refractivity contribution >= 4 is 27.7 Å². The van der Waals surface area contributed by atoms with Crippen molar-refractivity contribution in [3.05, 3.63) is 28.2 Å². The number of carbonyl (C=O) groups is 1. The van der Waals surface area contributed by atoms with Crippen LogP contribution in [0.25, 0.3) is 0 Å². The van der Waals surface area contributed by atoms with Crippen molar-refractivity contribution in [2.75, 3.05) is 19.0 Å². The second kappa shape index (κ2) is 5.02. The van der Waals surface area contributed by atoms with Gasteiger partial charge in [0.15, 0.2) is 0 Å². The largest absolute Gasteiger partial charge is 0.465 e. The molecule has 4 nitrogen and oxygen atoms in total. The van der Waals surface area contributed by atoms with Gasteiger partial charge in [0.25, 0.3) is 0 Å². The van der Waals surface area contributed by atoms with Gasteiger partial charge in [0.05, 0.1) is 0 Å². The molecule has 0 heterocycles. The minimum absolute atomic E-state index is 0.303. The summed E-state index contributed by atoms with van der Waals surface area (Å²) in [5.74, 6) is 0. The van der Waals surface area contributed by atoms with E-state index in [1.54, 1.807) is 0 Å². The highest BCUT2D eigenvalue weighted by molar-refractivity contribution is 9.10. The number of nitrogens with zero attached hydrogens (tertiary/aromatic N) is 1. The molecule has 0 aromatic heterocycles. The highest BCUT2D eigenvalue weighted by Crippen LogP contribution is 2.22. The predicted molar refractivity (Wildman–Crippen MR) is 63.3 cm³/mol. The summed E-state index contributed by atoms with van der Waals surface area (Å²) < 4.78 is 0.904. The number of nitrogens with one attached hydrogen (secondary N) is 1. The molecule has 0 fully saturated rings. The maximum atomic E-state index is 10.4. The molecule has 0 aliphatic heterocycles. The highest BCUT2D eigenvalue weighted by Gasteiger charge is 2.04. The van der Waals surface area contributed by atoms with Gasteiger partial charge in [-0.25, -0.2) is 4.79 Å². The van der Waals surface area contributed by atoms with Crippen LogP contribution in [-0.2, 0) is 6.54 Å². The molecule has 1 aromatic carbocycles. The van der Waals surface area contributed by atoms with Crippen LogP contribution in [0.15, 0.2) is 22.7 Å². The molecule has 1 rings (SSSR count). The molecule has 1 aromatic rings. The first-order valence-corrected chi connectivity index (χ1v) is 5.22. The van der Waals surface area contributed by atoms with Crippen molar-refractivity contribution in [3.63, 3.8) is 0 Å². The molecule has 0 saturated heterocycles. The van der Waals surface area contributed by atoms with Gasteiger partial charge in [-0.3, -0.25) is 0 Å². The lowest BCUT2D eigenvalue weighted by Crippen LogP contribution is -2.20. The van der Waals surface area contributed by atoms with Crippen LogP contribution in [-0.4, -0.2) is 25.3 Å². The Morgan fingerprint density at radius 3 is 2.73 bits per heavy atom. The Kier molecular flexibility index (Phi) is 3.96.